The molecular weight excluding hydrogens is 1660 g/mol. The number of carboxylic acids is 1. The molecule has 0 radical (unpaired) electrons. The number of nitrogens with two attached hydrogens (primary N) is 2. The number of benzene rings is 3. The summed E-state index contributed by atoms with van der Waals surface area (Å²) in [7, 11) is 0. The molecule has 3 aromatic carbocycles. The van der Waals surface area contributed by atoms with E-state index in [0.29, 0.717) is 48.6 Å². The number of carbonyl (C=O) groups is 17. The number of halogens is 2. The Bertz CT molecular complexity index is 4560. The first-order valence-electron chi connectivity index (χ1n) is 42.7. The first-order chi connectivity index (χ1) is 59.7. The number of aliphatic carboxylic acids is 1. The van der Waals surface area contributed by atoms with Gasteiger partial charge in [0.15, 0.2) is 17.4 Å². The molecule has 1 aliphatic heterocycles. The number of hydrogen-bond acceptors (Lipinski definition) is 20. The zero-order valence-corrected chi connectivity index (χ0v) is 73.7. The Balaban J connectivity index is 1.67. The lowest BCUT2D eigenvalue weighted by atomic mass is 9.87. The first kappa shape index (κ1) is 105. The van der Waals surface area contributed by atoms with Crippen LogP contribution in [0.15, 0.2) is 85.1 Å². The number of rotatable bonds is 33. The number of ketones is 1. The van der Waals surface area contributed by atoms with Gasteiger partial charge in [0.1, 0.15) is 77.2 Å². The lowest BCUT2D eigenvalue weighted by molar-refractivity contribution is -0.140. The number of phenolic OH excluding ortho intramolecular Hbond substituents is 1. The van der Waals surface area contributed by atoms with Gasteiger partial charge in [0.2, 0.25) is 88.6 Å². The van der Waals surface area contributed by atoms with Crippen molar-refractivity contribution >= 4 is 111 Å². The SMILES string of the molecule is CC(=O)N[C@@H](CC(C)C)C(=O)N[C@H](C(=O)N[C@@H](Cc1ccc(F)c(F)c1)C(=O)N[C@]1(C)CCCCCCC=CCCC[C@@](C)(C(=O)N[C@@H](CO)C(=O)N[C@@H](C)C(=O)N[C@@H](C)C(N)=O)NC(=O)[C@H](CCC(C)C)CC(=O)[C@H](CCC(N)=O)NC(=O)[C@H](C)NC(=O)[C@H](Cc2c[nH]c3ccccc23)NC(=O)[C@H](Cc2ccc(O)cc2)NC(=O)[C@H](CCC(=O)O)NC1=O)[C@@H](C)O. The molecule has 2 heterocycles. The van der Waals surface area contributed by atoms with Crippen LogP contribution in [0.4, 0.5) is 8.78 Å². The van der Waals surface area contributed by atoms with Gasteiger partial charge < -0.3 is 106 Å². The molecule has 0 saturated carbocycles. The summed E-state index contributed by atoms with van der Waals surface area (Å²) < 4.78 is 29.6. The molecule has 0 saturated heterocycles. The van der Waals surface area contributed by atoms with Crippen LogP contribution in [-0.4, -0.2) is 216 Å². The summed E-state index contributed by atoms with van der Waals surface area (Å²) in [6, 6.07) is -2.92. The van der Waals surface area contributed by atoms with E-state index < -0.39 is 253 Å². The highest BCUT2D eigenvalue weighted by molar-refractivity contribution is 6.02. The summed E-state index contributed by atoms with van der Waals surface area (Å²) >= 11 is 0. The van der Waals surface area contributed by atoms with E-state index in [1.54, 1.807) is 50.4 Å². The lowest BCUT2D eigenvalue weighted by Crippen LogP contribution is -2.65. The van der Waals surface area contributed by atoms with Gasteiger partial charge in [-0.25, -0.2) is 8.78 Å². The average Bonchev–Trinajstić information content (AvgIpc) is 1.63. The molecular formula is C88H126F2N16O21. The number of carbonyl (C=O) groups excluding carboxylic acids is 16. The largest absolute Gasteiger partial charge is 0.508 e. The van der Waals surface area contributed by atoms with Crippen molar-refractivity contribution in [1.29, 1.82) is 0 Å². The minimum Gasteiger partial charge on any atom is -0.508 e. The van der Waals surface area contributed by atoms with Crippen LogP contribution in [0.2, 0.25) is 0 Å². The molecule has 0 unspecified atom stereocenters. The van der Waals surface area contributed by atoms with Crippen molar-refractivity contribution in [2.24, 2.45) is 29.2 Å². The monoisotopic (exact) mass is 1780 g/mol. The van der Waals surface area contributed by atoms with Crippen LogP contribution in [-0.2, 0) is 101 Å². The van der Waals surface area contributed by atoms with Gasteiger partial charge in [0, 0.05) is 68.5 Å². The summed E-state index contributed by atoms with van der Waals surface area (Å²) in [5, 5.41) is 75.8. The van der Waals surface area contributed by atoms with Crippen molar-refractivity contribution < 1.29 is 111 Å². The zero-order valence-electron chi connectivity index (χ0n) is 73.7. The molecule has 698 valence electrons. The van der Waals surface area contributed by atoms with Gasteiger partial charge in [0.05, 0.1) is 18.8 Å². The second kappa shape index (κ2) is 50.8. The van der Waals surface area contributed by atoms with Crippen LogP contribution >= 0.6 is 0 Å². The van der Waals surface area contributed by atoms with Crippen molar-refractivity contribution in [1.82, 2.24) is 74.1 Å². The minimum atomic E-state index is -2.21. The standard InChI is InChI=1S/C88H126F2N16O21/c1-47(2)25-29-56-44-70(111)63(33-35-71(91)112)98-76(117)51(7)95-79(120)68(43-57-45-93-62-24-20-19-23-59(57)62)100-80(121)66(41-54-26-30-58(110)31-27-54)99-78(119)64(34-36-72(113)114)102-85(126)88(11,106-83(124)67(42-55-28-32-60(89)61(90)40-55)101-84(125)73(52(8)108)104-81(122)65(39-48(3)4)97-53(9)109)38-22-18-16-14-12-13-15-17-21-37-87(10,105-77(56)118)86(127)103-69(46-107)82(123)96-50(6)75(116)94-49(5)74(92)115/h13,15,19-20,23-24,26-28,30-32,40,45,47-52,56,63-69,73,93,107-108,110H,12,14,16-18,21-22,25,29,33-39,41-44,46H2,1-11H3,(H2,91,112)(H2,92,115)(H,94,116)(H,95,120)(H,96,123)(H,97,109)(H,98,117)(H,99,119)(H,100,121)(H,101,125)(H,102,126)(H,103,127)(H,104,122)(H,105,118)(H,106,124)(H,113,114)/t49-,50-,51-,52+,56+,63-,64-,65-,66-,67-,68-,69-,73-,87-,88+/m0/s1. The second-order valence-corrected chi connectivity index (χ2v) is 33.8. The van der Waals surface area contributed by atoms with Crippen LogP contribution in [0.3, 0.4) is 0 Å². The van der Waals surface area contributed by atoms with Crippen LogP contribution < -0.4 is 80.6 Å². The number of para-hydroxylation sites is 1. The fraction of sp³-hybridized carbons (Fsp3) is 0.557. The molecule has 4 aromatic rings. The summed E-state index contributed by atoms with van der Waals surface area (Å²) in [5.41, 5.74) is 7.98. The van der Waals surface area contributed by atoms with Crippen LogP contribution in [0.25, 0.3) is 10.9 Å². The number of aromatic amines is 1. The molecule has 1 aliphatic rings. The Morgan fingerprint density at radius 1 is 0.575 bits per heavy atom. The molecule has 0 fully saturated rings. The number of allylic oxidation sites excluding steroid dienone is 2. The van der Waals surface area contributed by atoms with Crippen LogP contribution in [0.5, 0.6) is 5.75 Å². The number of hydrogen-bond donors (Lipinski definition) is 20. The molecule has 39 heteroatoms. The number of aromatic hydroxyl groups is 1. The number of aromatic nitrogens is 1. The number of aliphatic hydroxyl groups is 2. The second-order valence-electron chi connectivity index (χ2n) is 33.8. The maximum atomic E-state index is 15.5. The average molecular weight is 1780 g/mol. The zero-order chi connectivity index (χ0) is 94.7. The number of carboxylic acid groups (broad SMARTS) is 1. The summed E-state index contributed by atoms with van der Waals surface area (Å²) in [6.45, 7) is 14.9. The van der Waals surface area contributed by atoms with Gasteiger partial charge in [-0.3, -0.25) is 81.5 Å². The van der Waals surface area contributed by atoms with Crippen LogP contribution in [0, 0.1) is 29.4 Å². The quantitative estimate of drug-likeness (QED) is 0.0300. The fourth-order valence-electron chi connectivity index (χ4n) is 14.1. The molecule has 127 heavy (non-hydrogen) atoms. The van der Waals surface area contributed by atoms with Gasteiger partial charge in [-0.1, -0.05) is 102 Å². The number of Topliss-reactive ketones (excluding diaryl/α,β-unsaturated/α-hetero) is 1. The van der Waals surface area contributed by atoms with Gasteiger partial charge in [-0.05, 0) is 165 Å². The number of phenols is 1. The van der Waals surface area contributed by atoms with Gasteiger partial charge in [0.25, 0.3) is 0 Å². The number of H-pyrrole nitrogens is 1. The van der Waals surface area contributed by atoms with E-state index in [0.717, 1.165) is 32.0 Å². The van der Waals surface area contributed by atoms with Crippen molar-refractivity contribution in [3.8, 4) is 5.75 Å². The highest BCUT2D eigenvalue weighted by Crippen LogP contribution is 2.26. The summed E-state index contributed by atoms with van der Waals surface area (Å²) in [5.74, 6) is -21.5. The van der Waals surface area contributed by atoms with E-state index in [1.807, 2.05) is 19.9 Å². The minimum absolute atomic E-state index is 0.0140. The van der Waals surface area contributed by atoms with Crippen molar-refractivity contribution in [2.45, 2.75) is 288 Å². The Hall–Kier alpha value is -12.3. The molecule has 37 nitrogen and oxygen atoms in total. The predicted molar refractivity (Wildman–Crippen MR) is 461 cm³/mol. The van der Waals surface area contributed by atoms with E-state index >= 15 is 33.2 Å². The normalized spacial score (nSPS) is 21.9. The van der Waals surface area contributed by atoms with Crippen LogP contribution in [0.1, 0.15) is 202 Å². The predicted octanol–water partition coefficient (Wildman–Crippen LogP) is 1.47. The molecule has 5 rings (SSSR count). The van der Waals surface area contributed by atoms with E-state index in [-0.39, 0.29) is 80.1 Å². The highest BCUT2D eigenvalue weighted by Gasteiger charge is 2.44. The molecule has 22 N–H and O–H groups in total. The molecule has 15 amide bonds. The first-order valence-corrected chi connectivity index (χ1v) is 42.7. The molecule has 0 spiro atoms. The van der Waals surface area contributed by atoms with E-state index in [2.05, 4.69) is 74.1 Å². The number of primary amides is 2. The number of amides is 15. The maximum absolute atomic E-state index is 15.5. The maximum Gasteiger partial charge on any atom is 0.303 e. The smallest absolute Gasteiger partial charge is 0.303 e. The summed E-state index contributed by atoms with van der Waals surface area (Å²) in [4.78, 5) is 243. The van der Waals surface area contributed by atoms with E-state index in [4.69, 9.17) is 11.5 Å². The molecule has 15 atom stereocenters. The number of fused-ring (bicyclic) bond motifs is 1. The topological polar surface area (TPSA) is 595 Å². The molecule has 0 aliphatic carbocycles. The van der Waals surface area contributed by atoms with Crippen molar-refractivity contribution in [3.63, 3.8) is 0 Å². The molecule has 1 aromatic heterocycles. The fourth-order valence-corrected chi connectivity index (χ4v) is 14.1. The Morgan fingerprint density at radius 3 is 1.79 bits per heavy atom. The Morgan fingerprint density at radius 2 is 1.17 bits per heavy atom. The summed E-state index contributed by atoms with van der Waals surface area (Å²) in [6.07, 6.45) is 1.12. The third kappa shape index (κ3) is 34.9. The Labute approximate surface area is 736 Å². The van der Waals surface area contributed by atoms with E-state index in [9.17, 15) is 77.6 Å². The van der Waals surface area contributed by atoms with Crippen molar-refractivity contribution in [2.75, 3.05) is 6.61 Å². The third-order valence-electron chi connectivity index (χ3n) is 21.7. The lowest BCUT2D eigenvalue weighted by Gasteiger charge is -2.34. The molecule has 0 bridgehead atoms. The van der Waals surface area contributed by atoms with E-state index in [1.165, 1.54) is 58.9 Å². The van der Waals surface area contributed by atoms with Gasteiger partial charge in [-0.2, -0.15) is 0 Å². The third-order valence-corrected chi connectivity index (χ3v) is 21.7. The Kier molecular flexibility index (Phi) is 42.1. The number of aliphatic hydroxyl groups excluding tert-OH is 2. The number of nitrogens with one attached hydrogen (secondary N) is 14. The van der Waals surface area contributed by atoms with Crippen molar-refractivity contribution in [3.05, 3.63) is 113 Å². The highest BCUT2D eigenvalue weighted by atomic mass is 19.2. The van der Waals surface area contributed by atoms with Gasteiger partial charge in [-0.15, -0.1) is 0 Å². The van der Waals surface area contributed by atoms with Gasteiger partial charge >= 0.3 is 5.97 Å².